The lowest BCUT2D eigenvalue weighted by atomic mass is 9.99. The maximum absolute atomic E-state index is 12.6. The molecule has 0 radical (unpaired) electrons. The van der Waals surface area contributed by atoms with E-state index in [1.807, 2.05) is 79.0 Å². The fourth-order valence-corrected chi connectivity index (χ4v) is 4.73. The first-order valence-electron chi connectivity index (χ1n) is 12.3. The number of aromatic nitrogens is 2. The van der Waals surface area contributed by atoms with Gasteiger partial charge >= 0.3 is 0 Å². The molecule has 0 fully saturated rings. The molecule has 1 atom stereocenters. The lowest BCUT2D eigenvalue weighted by Crippen LogP contribution is -2.30. The fourth-order valence-electron chi connectivity index (χ4n) is 4.73. The van der Waals surface area contributed by atoms with Crippen molar-refractivity contribution in [3.63, 3.8) is 0 Å². The van der Waals surface area contributed by atoms with Gasteiger partial charge in [0.2, 0.25) is 0 Å². The third-order valence-electron chi connectivity index (χ3n) is 6.58. The minimum atomic E-state index is -0.161. The Hall–Kier alpha value is -4.68. The van der Waals surface area contributed by atoms with Crippen molar-refractivity contribution in [1.29, 1.82) is 0 Å². The first-order chi connectivity index (χ1) is 18.1. The summed E-state index contributed by atoms with van der Waals surface area (Å²) in [7, 11) is 0. The molecule has 6 nitrogen and oxygen atoms in total. The molecule has 1 aliphatic rings. The topological polar surface area (TPSA) is 93.0 Å². The average molecular weight is 487 g/mol. The molecule has 0 unspecified atom stereocenters. The van der Waals surface area contributed by atoms with Crippen molar-refractivity contribution in [3.05, 3.63) is 114 Å². The second-order valence-electron chi connectivity index (χ2n) is 9.23. The molecule has 5 aromatic rings. The van der Waals surface area contributed by atoms with E-state index in [1.54, 1.807) is 12.4 Å². The molecule has 0 bridgehead atoms. The number of amides is 1. The van der Waals surface area contributed by atoms with Crippen molar-refractivity contribution in [1.82, 2.24) is 9.97 Å². The normalized spacial score (nSPS) is 14.5. The molecule has 0 saturated heterocycles. The molecule has 0 spiro atoms. The number of nitrogens with one attached hydrogen (secondary N) is 2. The predicted molar refractivity (Wildman–Crippen MR) is 148 cm³/mol. The summed E-state index contributed by atoms with van der Waals surface area (Å²) in [6, 6.07) is 25.8. The van der Waals surface area contributed by atoms with Crippen LogP contribution in [0.5, 0.6) is 5.75 Å². The van der Waals surface area contributed by atoms with Crippen molar-refractivity contribution in [2.75, 3.05) is 11.9 Å². The van der Waals surface area contributed by atoms with Gasteiger partial charge < -0.3 is 20.8 Å². The number of carbonyl (C=O) groups is 1. The van der Waals surface area contributed by atoms with Crippen LogP contribution in [0.4, 0.5) is 5.69 Å². The number of nitrogens with zero attached hydrogens (tertiary/aromatic N) is 1. The number of anilines is 1. The van der Waals surface area contributed by atoms with Crippen molar-refractivity contribution in [2.45, 2.75) is 12.5 Å². The van der Waals surface area contributed by atoms with Gasteiger partial charge in [-0.2, -0.15) is 0 Å². The molecule has 1 amide bonds. The van der Waals surface area contributed by atoms with Gasteiger partial charge in [0.15, 0.2) is 0 Å². The van der Waals surface area contributed by atoms with Crippen molar-refractivity contribution >= 4 is 34.1 Å². The highest BCUT2D eigenvalue weighted by molar-refractivity contribution is 6.35. The predicted octanol–water partition coefficient (Wildman–Crippen LogP) is 5.67. The summed E-state index contributed by atoms with van der Waals surface area (Å²) >= 11 is 0. The molecule has 2 aromatic heterocycles. The number of nitrogens with two attached hydrogens (primary N) is 1. The maximum atomic E-state index is 12.6. The van der Waals surface area contributed by atoms with Gasteiger partial charge in [-0.05, 0) is 53.5 Å². The fraction of sp³-hybridized carbons (Fsp3) is 0.0968. The van der Waals surface area contributed by atoms with Crippen LogP contribution >= 0.6 is 0 Å². The van der Waals surface area contributed by atoms with Crippen LogP contribution in [0.15, 0.2) is 97.5 Å². The second-order valence-corrected chi connectivity index (χ2v) is 9.23. The van der Waals surface area contributed by atoms with Crippen LogP contribution in [0.1, 0.15) is 16.7 Å². The molecule has 0 saturated carbocycles. The summed E-state index contributed by atoms with van der Waals surface area (Å²) in [4.78, 5) is 20.3. The Morgan fingerprint density at radius 1 is 0.946 bits per heavy atom. The maximum Gasteiger partial charge on any atom is 0.256 e. The van der Waals surface area contributed by atoms with E-state index in [0.717, 1.165) is 33.5 Å². The van der Waals surface area contributed by atoms with Crippen molar-refractivity contribution in [3.8, 4) is 16.9 Å². The van der Waals surface area contributed by atoms with E-state index in [1.165, 1.54) is 10.9 Å². The minimum absolute atomic E-state index is 0.101. The van der Waals surface area contributed by atoms with Crippen LogP contribution in [-0.2, 0) is 11.2 Å². The minimum Gasteiger partial charge on any atom is -0.490 e. The number of carbonyl (C=O) groups excluding carboxylic acids is 1. The number of hydrogen-bond donors (Lipinski definition) is 3. The number of fused-ring (bicyclic) bond motifs is 2. The molecule has 182 valence electrons. The zero-order valence-electron chi connectivity index (χ0n) is 20.1. The number of hydrogen-bond acceptors (Lipinski definition) is 4. The SMILES string of the molecule is N[C@H](COc1cncc(-c2ccc3c(c2)C(=Cc2ccccc2)C(=O)N3)c1)Cc1c[nH]c2ccccc12. The quantitative estimate of drug-likeness (QED) is 0.258. The van der Waals surface area contributed by atoms with E-state index in [9.17, 15) is 4.79 Å². The monoisotopic (exact) mass is 486 g/mol. The van der Waals surface area contributed by atoms with Gasteiger partial charge in [-0.25, -0.2) is 0 Å². The molecule has 6 heteroatoms. The lowest BCUT2D eigenvalue weighted by Gasteiger charge is -2.13. The van der Waals surface area contributed by atoms with E-state index >= 15 is 0 Å². The van der Waals surface area contributed by atoms with Crippen LogP contribution in [0.2, 0.25) is 0 Å². The second kappa shape index (κ2) is 9.76. The number of pyridine rings is 1. The number of ether oxygens (including phenoxy) is 1. The van der Waals surface area contributed by atoms with Crippen LogP contribution in [0, 0.1) is 0 Å². The Kier molecular flexibility index (Phi) is 6.00. The van der Waals surface area contributed by atoms with Gasteiger partial charge in [0.25, 0.3) is 5.91 Å². The molecular weight excluding hydrogens is 460 g/mol. The highest BCUT2D eigenvalue weighted by Gasteiger charge is 2.24. The molecule has 3 heterocycles. The van der Waals surface area contributed by atoms with Gasteiger partial charge in [-0.1, -0.05) is 54.6 Å². The summed E-state index contributed by atoms with van der Waals surface area (Å²) < 4.78 is 6.03. The molecule has 0 aliphatic carbocycles. The third kappa shape index (κ3) is 4.75. The standard InChI is InChI=1S/C31H26N4O2/c32-24(13-23-17-34-29-9-5-4-8-26(23)29)19-37-25-14-22(16-33-18-25)21-10-11-30-27(15-21)28(31(36)35-30)12-20-6-2-1-3-7-20/h1-12,14-18,24,34H,13,19,32H2,(H,35,36)/t24-/m0/s1. The highest BCUT2D eigenvalue weighted by atomic mass is 16.5. The Morgan fingerprint density at radius 2 is 1.78 bits per heavy atom. The van der Waals surface area contributed by atoms with Crippen LogP contribution in [-0.4, -0.2) is 28.5 Å². The number of benzene rings is 3. The van der Waals surface area contributed by atoms with Crippen LogP contribution in [0.25, 0.3) is 33.7 Å². The average Bonchev–Trinajstić information content (AvgIpc) is 3.48. The number of para-hydroxylation sites is 1. The Labute approximate surface area is 214 Å². The highest BCUT2D eigenvalue weighted by Crippen LogP contribution is 2.36. The first-order valence-corrected chi connectivity index (χ1v) is 12.3. The molecule has 6 rings (SSSR count). The molecule has 4 N–H and O–H groups in total. The number of H-pyrrole nitrogens is 1. The Balaban J connectivity index is 1.18. The van der Waals surface area contributed by atoms with Gasteiger partial charge in [0, 0.05) is 51.7 Å². The number of rotatable bonds is 7. The summed E-state index contributed by atoms with van der Waals surface area (Å²) in [5, 5.41) is 4.14. The molecular formula is C31H26N4O2. The first kappa shape index (κ1) is 22.8. The van der Waals surface area contributed by atoms with E-state index < -0.39 is 0 Å². The van der Waals surface area contributed by atoms with Crippen LogP contribution < -0.4 is 15.8 Å². The Morgan fingerprint density at radius 3 is 2.68 bits per heavy atom. The lowest BCUT2D eigenvalue weighted by molar-refractivity contribution is -0.110. The van der Waals surface area contributed by atoms with Gasteiger partial charge in [0.1, 0.15) is 12.4 Å². The zero-order chi connectivity index (χ0) is 25.2. The van der Waals surface area contributed by atoms with Crippen molar-refractivity contribution in [2.24, 2.45) is 5.73 Å². The summed E-state index contributed by atoms with van der Waals surface area (Å²) in [6.07, 6.45) is 8.13. The zero-order valence-corrected chi connectivity index (χ0v) is 20.1. The van der Waals surface area contributed by atoms with E-state index in [4.69, 9.17) is 10.5 Å². The third-order valence-corrected chi connectivity index (χ3v) is 6.58. The Bertz CT molecular complexity index is 1620. The summed E-state index contributed by atoms with van der Waals surface area (Å²) in [5.41, 5.74) is 13.9. The van der Waals surface area contributed by atoms with Gasteiger partial charge in [0.05, 0.1) is 6.20 Å². The molecule has 3 aromatic carbocycles. The molecule has 1 aliphatic heterocycles. The molecule has 37 heavy (non-hydrogen) atoms. The number of aromatic amines is 1. The van der Waals surface area contributed by atoms with Crippen LogP contribution in [0.3, 0.4) is 0 Å². The van der Waals surface area contributed by atoms with Gasteiger partial charge in [-0.15, -0.1) is 0 Å². The van der Waals surface area contributed by atoms with E-state index in [0.29, 0.717) is 24.4 Å². The summed E-state index contributed by atoms with van der Waals surface area (Å²) in [6.45, 7) is 0.372. The summed E-state index contributed by atoms with van der Waals surface area (Å²) in [5.74, 6) is 0.553. The van der Waals surface area contributed by atoms with E-state index in [-0.39, 0.29) is 11.9 Å². The van der Waals surface area contributed by atoms with Gasteiger partial charge in [-0.3, -0.25) is 9.78 Å². The smallest absolute Gasteiger partial charge is 0.256 e. The van der Waals surface area contributed by atoms with Crippen molar-refractivity contribution < 1.29 is 9.53 Å². The van der Waals surface area contributed by atoms with E-state index in [2.05, 4.69) is 27.4 Å². The largest absolute Gasteiger partial charge is 0.490 e.